The number of rotatable bonds is 4. The number of carbonyl (C=O) groups excluding carboxylic acids is 1. The van der Waals surface area contributed by atoms with Crippen LogP contribution in [-0.4, -0.2) is 17.4 Å². The molecule has 0 heterocycles. The molecule has 22 heavy (non-hydrogen) atoms. The first-order valence-electron chi connectivity index (χ1n) is 8.28. The monoisotopic (exact) mass is 304 g/mol. The largest absolute Gasteiger partial charge is 0.481 e. The van der Waals surface area contributed by atoms with E-state index in [1.54, 1.807) is 0 Å². The maximum Gasteiger partial charge on any atom is 0.309 e. The van der Waals surface area contributed by atoms with Gasteiger partial charge in [0.15, 0.2) is 0 Å². The highest BCUT2D eigenvalue weighted by atomic mass is 16.4. The van der Waals surface area contributed by atoms with Gasteiger partial charge in [0.1, 0.15) is 6.29 Å². The first kappa shape index (κ1) is 17.0. The lowest BCUT2D eigenvalue weighted by Crippen LogP contribution is -2.53. The number of allylic oxidation sites excluding steroid dienone is 3. The Hall–Kier alpha value is -1.38. The van der Waals surface area contributed by atoms with Gasteiger partial charge in [-0.1, -0.05) is 31.6 Å². The Kier molecular flexibility index (Phi) is 4.65. The number of carbonyl (C=O) groups is 2. The smallest absolute Gasteiger partial charge is 0.309 e. The maximum atomic E-state index is 11.9. The summed E-state index contributed by atoms with van der Waals surface area (Å²) in [6.45, 7) is 10.3. The third kappa shape index (κ3) is 2.66. The molecule has 0 aromatic carbocycles. The normalized spacial score (nSPS) is 39.2. The van der Waals surface area contributed by atoms with Crippen molar-refractivity contribution < 1.29 is 14.7 Å². The van der Waals surface area contributed by atoms with Crippen LogP contribution in [0.25, 0.3) is 0 Å². The van der Waals surface area contributed by atoms with Crippen LogP contribution in [0.5, 0.6) is 0 Å². The van der Waals surface area contributed by atoms with Gasteiger partial charge in [0.05, 0.1) is 5.41 Å². The quantitative estimate of drug-likeness (QED) is 0.476. The molecule has 0 saturated heterocycles. The first-order chi connectivity index (χ1) is 10.3. The van der Waals surface area contributed by atoms with E-state index in [-0.39, 0.29) is 17.3 Å². The van der Waals surface area contributed by atoms with Gasteiger partial charge in [-0.15, -0.1) is 0 Å². The van der Waals surface area contributed by atoms with Crippen LogP contribution in [0.2, 0.25) is 0 Å². The van der Waals surface area contributed by atoms with E-state index in [9.17, 15) is 14.7 Å². The predicted octanol–water partition coefficient (Wildman–Crippen LogP) is 4.39. The van der Waals surface area contributed by atoms with Crippen LogP contribution in [-0.2, 0) is 9.59 Å². The van der Waals surface area contributed by atoms with E-state index >= 15 is 0 Å². The van der Waals surface area contributed by atoms with Crippen molar-refractivity contribution in [2.24, 2.45) is 22.7 Å². The van der Waals surface area contributed by atoms with Crippen LogP contribution in [0.4, 0.5) is 0 Å². The topological polar surface area (TPSA) is 54.4 Å². The highest BCUT2D eigenvalue weighted by Gasteiger charge is 2.57. The molecule has 2 fully saturated rings. The average Bonchev–Trinajstić information content (AvgIpc) is 2.45. The fraction of sp³-hybridized carbons (Fsp3) is 0.684. The summed E-state index contributed by atoms with van der Waals surface area (Å²) < 4.78 is 0. The van der Waals surface area contributed by atoms with E-state index in [1.165, 1.54) is 5.57 Å². The molecule has 2 saturated carbocycles. The second-order valence-electron chi connectivity index (χ2n) is 7.69. The van der Waals surface area contributed by atoms with Crippen LogP contribution >= 0.6 is 0 Å². The minimum atomic E-state index is -0.658. The van der Waals surface area contributed by atoms with Gasteiger partial charge >= 0.3 is 5.97 Å². The predicted molar refractivity (Wildman–Crippen MR) is 87.5 cm³/mol. The fourth-order valence-electron chi connectivity index (χ4n) is 4.99. The van der Waals surface area contributed by atoms with Crippen LogP contribution in [0.3, 0.4) is 0 Å². The molecule has 1 N–H and O–H groups in total. The Morgan fingerprint density at radius 1 is 1.41 bits per heavy atom. The van der Waals surface area contributed by atoms with Crippen molar-refractivity contribution in [3.63, 3.8) is 0 Å². The van der Waals surface area contributed by atoms with Gasteiger partial charge in [-0.3, -0.25) is 9.59 Å². The van der Waals surface area contributed by atoms with Crippen molar-refractivity contribution in [1.29, 1.82) is 0 Å². The van der Waals surface area contributed by atoms with Crippen LogP contribution < -0.4 is 0 Å². The highest BCUT2D eigenvalue weighted by Crippen LogP contribution is 2.61. The number of aliphatic carboxylic acids is 1. The van der Waals surface area contributed by atoms with Gasteiger partial charge in [0.2, 0.25) is 0 Å². The molecule has 2 aliphatic carbocycles. The van der Waals surface area contributed by atoms with Gasteiger partial charge < -0.3 is 5.11 Å². The zero-order chi connectivity index (χ0) is 16.5. The van der Waals surface area contributed by atoms with Crippen molar-refractivity contribution >= 4 is 12.3 Å². The van der Waals surface area contributed by atoms with Crippen molar-refractivity contribution in [3.8, 4) is 0 Å². The molecule has 4 atom stereocenters. The molecule has 0 amide bonds. The van der Waals surface area contributed by atoms with E-state index < -0.39 is 11.4 Å². The fourth-order valence-corrected chi connectivity index (χ4v) is 4.99. The van der Waals surface area contributed by atoms with Gasteiger partial charge in [-0.05, 0) is 68.8 Å². The van der Waals surface area contributed by atoms with Crippen LogP contribution in [0.15, 0.2) is 23.8 Å². The van der Waals surface area contributed by atoms with Crippen molar-refractivity contribution in [1.82, 2.24) is 0 Å². The molecule has 3 nitrogen and oxygen atoms in total. The van der Waals surface area contributed by atoms with Crippen molar-refractivity contribution in [2.75, 3.05) is 0 Å². The van der Waals surface area contributed by atoms with E-state index in [4.69, 9.17) is 0 Å². The Labute approximate surface area is 133 Å². The standard InChI is InChI=1S/C19H28O3/c1-13(12-20)6-8-15-14(2)7-9-16-18(15,3)10-5-11-19(16,4)17(21)22/h6,12,15-16H,2,5,7-11H2,1,3-4H3,(H,21,22)/b13-6+/t15-,16+,18-,19-/m0/s1. The lowest BCUT2D eigenvalue weighted by molar-refractivity contribution is -0.164. The first-order valence-corrected chi connectivity index (χ1v) is 8.28. The molecule has 3 heteroatoms. The third-order valence-corrected chi connectivity index (χ3v) is 6.37. The number of carboxylic acids is 1. The van der Waals surface area contributed by atoms with Crippen LogP contribution in [0, 0.1) is 22.7 Å². The maximum absolute atomic E-state index is 11.9. The zero-order valence-corrected chi connectivity index (χ0v) is 14.0. The Bertz CT molecular complexity index is 519. The molecular weight excluding hydrogens is 276 g/mol. The molecule has 0 aromatic heterocycles. The molecule has 0 radical (unpaired) electrons. The number of carboxylic acid groups (broad SMARTS) is 1. The minimum Gasteiger partial charge on any atom is -0.481 e. The van der Waals surface area contributed by atoms with Crippen molar-refractivity contribution in [2.45, 2.75) is 59.3 Å². The lowest BCUT2D eigenvalue weighted by Gasteiger charge is -2.57. The SMILES string of the molecule is C=C1CC[C@@H]2[C@@](C)(CCC[C@]2(C)C(=O)O)[C@H]1C/C=C(\C)C=O. The summed E-state index contributed by atoms with van der Waals surface area (Å²) >= 11 is 0. The number of hydrogen-bond acceptors (Lipinski definition) is 2. The summed E-state index contributed by atoms with van der Waals surface area (Å²) in [5.41, 5.74) is 1.31. The lowest BCUT2D eigenvalue weighted by atomic mass is 9.46. The van der Waals surface area contributed by atoms with E-state index in [1.807, 2.05) is 19.9 Å². The molecule has 2 aliphatic rings. The van der Waals surface area contributed by atoms with Gasteiger partial charge in [-0.2, -0.15) is 0 Å². The summed E-state index contributed by atoms with van der Waals surface area (Å²) in [5, 5.41) is 9.78. The molecule has 0 aromatic rings. The Morgan fingerprint density at radius 2 is 2.09 bits per heavy atom. The minimum absolute atomic E-state index is 0.0274. The second-order valence-corrected chi connectivity index (χ2v) is 7.69. The van der Waals surface area contributed by atoms with Gasteiger partial charge in [-0.25, -0.2) is 0 Å². The summed E-state index contributed by atoms with van der Waals surface area (Å²) in [7, 11) is 0. The average molecular weight is 304 g/mol. The molecule has 2 rings (SSSR count). The number of hydrogen-bond donors (Lipinski definition) is 1. The number of fused-ring (bicyclic) bond motifs is 1. The van der Waals surface area contributed by atoms with E-state index in [0.29, 0.717) is 0 Å². The molecule has 0 bridgehead atoms. The summed E-state index contributed by atoms with van der Waals surface area (Å²) in [4.78, 5) is 22.7. The second kappa shape index (κ2) is 6.02. The third-order valence-electron chi connectivity index (χ3n) is 6.37. The Balaban J connectivity index is 2.36. The molecular formula is C19H28O3. The molecule has 0 aliphatic heterocycles. The Morgan fingerprint density at radius 3 is 2.68 bits per heavy atom. The van der Waals surface area contributed by atoms with Gasteiger partial charge in [0, 0.05) is 0 Å². The molecule has 122 valence electrons. The summed E-state index contributed by atoms with van der Waals surface area (Å²) in [6.07, 6.45) is 8.27. The van der Waals surface area contributed by atoms with Gasteiger partial charge in [0.25, 0.3) is 0 Å². The summed E-state index contributed by atoms with van der Waals surface area (Å²) in [5.74, 6) is -0.193. The van der Waals surface area contributed by atoms with E-state index in [0.717, 1.165) is 50.4 Å². The number of aldehydes is 1. The molecule has 0 spiro atoms. The zero-order valence-electron chi connectivity index (χ0n) is 14.0. The molecule has 0 unspecified atom stereocenters. The van der Waals surface area contributed by atoms with Crippen LogP contribution in [0.1, 0.15) is 59.3 Å². The summed E-state index contributed by atoms with van der Waals surface area (Å²) in [6, 6.07) is 0. The van der Waals surface area contributed by atoms with E-state index in [2.05, 4.69) is 13.5 Å². The van der Waals surface area contributed by atoms with Crippen molar-refractivity contribution in [3.05, 3.63) is 23.8 Å². The highest BCUT2D eigenvalue weighted by molar-refractivity contribution is 5.75.